The topological polar surface area (TPSA) is 47.3 Å². The molecule has 1 saturated carbocycles. The van der Waals surface area contributed by atoms with E-state index in [9.17, 15) is 10.4 Å². The molecule has 0 radical (unpaired) electrons. The van der Waals surface area contributed by atoms with Crippen molar-refractivity contribution in [1.82, 2.24) is 4.90 Å². The maximum atomic E-state index is 11.4. The standard InChI is InChI=1S/C18H22N2O/c1-13-8-18(21,12-20(13)16-6-7-16)17(11-19)9-14-4-2-3-5-15(14)10-17/h2-5,13,16,21H,6-10,12H2,1H3. The van der Waals surface area contributed by atoms with Gasteiger partial charge in [0.05, 0.1) is 17.1 Å². The number of β-amino-alcohol motifs (C(OH)–C–C–N with tert-alkyl or cyclic N) is 1. The lowest BCUT2D eigenvalue weighted by atomic mass is 9.69. The Hall–Kier alpha value is -1.37. The van der Waals surface area contributed by atoms with Crippen molar-refractivity contribution in [3.05, 3.63) is 35.4 Å². The van der Waals surface area contributed by atoms with Crippen LogP contribution in [0.3, 0.4) is 0 Å². The third-order valence-corrected chi connectivity index (χ3v) is 5.87. The predicted molar refractivity (Wildman–Crippen MR) is 80.7 cm³/mol. The van der Waals surface area contributed by atoms with E-state index in [0.717, 1.165) is 6.42 Å². The number of fused-ring (bicyclic) bond motifs is 1. The largest absolute Gasteiger partial charge is 0.387 e. The molecule has 1 aliphatic heterocycles. The van der Waals surface area contributed by atoms with Crippen molar-refractivity contribution in [2.24, 2.45) is 5.41 Å². The highest BCUT2D eigenvalue weighted by Gasteiger charge is 2.59. The second kappa shape index (κ2) is 4.32. The molecule has 2 aliphatic carbocycles. The minimum absolute atomic E-state index is 0.386. The molecule has 0 bridgehead atoms. The first-order chi connectivity index (χ1) is 10.1. The van der Waals surface area contributed by atoms with Crippen molar-refractivity contribution in [3.63, 3.8) is 0 Å². The van der Waals surface area contributed by atoms with Crippen LogP contribution in [0.25, 0.3) is 0 Å². The Kier molecular flexibility index (Phi) is 2.73. The number of aliphatic hydroxyl groups is 1. The highest BCUT2D eigenvalue weighted by molar-refractivity contribution is 5.40. The zero-order valence-corrected chi connectivity index (χ0v) is 12.5. The average Bonchev–Trinajstić information content (AvgIpc) is 3.15. The van der Waals surface area contributed by atoms with Gasteiger partial charge in [0, 0.05) is 18.6 Å². The van der Waals surface area contributed by atoms with E-state index in [1.807, 2.05) is 12.1 Å². The van der Waals surface area contributed by atoms with E-state index in [0.29, 0.717) is 31.5 Å². The van der Waals surface area contributed by atoms with Crippen molar-refractivity contribution in [1.29, 1.82) is 5.26 Å². The second-order valence-corrected chi connectivity index (χ2v) is 7.30. The molecule has 0 spiro atoms. The van der Waals surface area contributed by atoms with E-state index >= 15 is 0 Å². The smallest absolute Gasteiger partial charge is 0.0980 e. The van der Waals surface area contributed by atoms with Gasteiger partial charge in [-0.05, 0) is 50.2 Å². The Bertz CT molecular complexity index is 591. The molecule has 1 N–H and O–H groups in total. The van der Waals surface area contributed by atoms with E-state index in [2.05, 4.69) is 30.0 Å². The molecule has 1 saturated heterocycles. The van der Waals surface area contributed by atoms with Crippen LogP contribution in [0.5, 0.6) is 0 Å². The van der Waals surface area contributed by atoms with Gasteiger partial charge in [0.25, 0.3) is 0 Å². The lowest BCUT2D eigenvalue weighted by molar-refractivity contribution is -0.0422. The zero-order valence-electron chi connectivity index (χ0n) is 12.5. The molecule has 0 amide bonds. The summed E-state index contributed by atoms with van der Waals surface area (Å²) in [4.78, 5) is 2.43. The Morgan fingerprint density at radius 2 is 1.86 bits per heavy atom. The molecule has 110 valence electrons. The Morgan fingerprint density at radius 3 is 2.38 bits per heavy atom. The number of hydrogen-bond donors (Lipinski definition) is 1. The van der Waals surface area contributed by atoms with Crippen LogP contribution in [0.4, 0.5) is 0 Å². The lowest BCUT2D eigenvalue weighted by Gasteiger charge is -2.37. The minimum atomic E-state index is -0.872. The van der Waals surface area contributed by atoms with Crippen molar-refractivity contribution in [2.75, 3.05) is 6.54 Å². The number of nitriles is 1. The molecule has 4 rings (SSSR count). The molecule has 3 heteroatoms. The van der Waals surface area contributed by atoms with Gasteiger partial charge < -0.3 is 5.11 Å². The van der Waals surface area contributed by atoms with E-state index in [4.69, 9.17) is 0 Å². The summed E-state index contributed by atoms with van der Waals surface area (Å²) < 4.78 is 0. The Balaban J connectivity index is 1.67. The van der Waals surface area contributed by atoms with Crippen LogP contribution < -0.4 is 0 Å². The molecule has 0 aromatic heterocycles. The summed E-state index contributed by atoms with van der Waals surface area (Å²) in [6.07, 6.45) is 4.62. The first kappa shape index (κ1) is 13.3. The maximum absolute atomic E-state index is 11.4. The average molecular weight is 282 g/mol. The minimum Gasteiger partial charge on any atom is -0.387 e. The molecule has 3 nitrogen and oxygen atoms in total. The van der Waals surface area contributed by atoms with Crippen molar-refractivity contribution in [2.45, 2.75) is 56.7 Å². The number of likely N-dealkylation sites (tertiary alicyclic amines) is 1. The van der Waals surface area contributed by atoms with Crippen LogP contribution in [0.1, 0.15) is 37.3 Å². The van der Waals surface area contributed by atoms with Gasteiger partial charge in [-0.1, -0.05) is 24.3 Å². The fourth-order valence-corrected chi connectivity index (χ4v) is 4.50. The summed E-state index contributed by atoms with van der Waals surface area (Å²) in [5, 5.41) is 21.3. The predicted octanol–water partition coefficient (Wildman–Crippen LogP) is 2.28. The second-order valence-electron chi connectivity index (χ2n) is 7.30. The van der Waals surface area contributed by atoms with Gasteiger partial charge in [0.2, 0.25) is 0 Å². The quantitative estimate of drug-likeness (QED) is 0.905. The molecule has 2 atom stereocenters. The number of hydrogen-bond acceptors (Lipinski definition) is 3. The van der Waals surface area contributed by atoms with Crippen LogP contribution in [0, 0.1) is 16.7 Å². The lowest BCUT2D eigenvalue weighted by Crippen LogP contribution is -2.50. The summed E-state index contributed by atoms with van der Waals surface area (Å²) in [6, 6.07) is 11.8. The Labute approximate surface area is 126 Å². The fraction of sp³-hybridized carbons (Fsp3) is 0.611. The van der Waals surface area contributed by atoms with Crippen molar-refractivity contribution in [3.8, 4) is 6.07 Å². The van der Waals surface area contributed by atoms with Crippen LogP contribution in [0.2, 0.25) is 0 Å². The van der Waals surface area contributed by atoms with Gasteiger partial charge in [0.15, 0.2) is 0 Å². The van der Waals surface area contributed by atoms with Gasteiger partial charge in [-0.25, -0.2) is 0 Å². The maximum Gasteiger partial charge on any atom is 0.0980 e. The molecule has 1 heterocycles. The molecular formula is C18H22N2O. The van der Waals surface area contributed by atoms with E-state index in [1.165, 1.54) is 24.0 Å². The molecule has 21 heavy (non-hydrogen) atoms. The third-order valence-electron chi connectivity index (χ3n) is 5.87. The van der Waals surface area contributed by atoms with Gasteiger partial charge in [0.1, 0.15) is 0 Å². The van der Waals surface area contributed by atoms with Gasteiger partial charge in [-0.3, -0.25) is 4.90 Å². The third kappa shape index (κ3) is 1.86. The molecule has 1 aromatic rings. The van der Waals surface area contributed by atoms with Crippen LogP contribution in [-0.2, 0) is 12.8 Å². The van der Waals surface area contributed by atoms with Crippen molar-refractivity contribution >= 4 is 0 Å². The highest BCUT2D eigenvalue weighted by atomic mass is 16.3. The molecular weight excluding hydrogens is 260 g/mol. The summed E-state index contributed by atoms with van der Waals surface area (Å²) >= 11 is 0. The summed E-state index contributed by atoms with van der Waals surface area (Å²) in [5.74, 6) is 0. The zero-order chi connectivity index (χ0) is 14.7. The van der Waals surface area contributed by atoms with Gasteiger partial charge in [-0.2, -0.15) is 5.26 Å². The van der Waals surface area contributed by atoms with Crippen LogP contribution in [0.15, 0.2) is 24.3 Å². The summed E-state index contributed by atoms with van der Waals surface area (Å²) in [6.45, 7) is 2.86. The molecule has 3 aliphatic rings. The number of nitrogens with zero attached hydrogens (tertiary/aromatic N) is 2. The van der Waals surface area contributed by atoms with Crippen LogP contribution in [-0.4, -0.2) is 34.2 Å². The van der Waals surface area contributed by atoms with E-state index in [-0.39, 0.29) is 0 Å². The number of benzene rings is 1. The normalized spacial score (nSPS) is 34.6. The van der Waals surface area contributed by atoms with Gasteiger partial charge in [-0.15, -0.1) is 0 Å². The van der Waals surface area contributed by atoms with Crippen LogP contribution >= 0.6 is 0 Å². The first-order valence-electron chi connectivity index (χ1n) is 8.03. The molecule has 1 aromatic carbocycles. The van der Waals surface area contributed by atoms with Gasteiger partial charge >= 0.3 is 0 Å². The van der Waals surface area contributed by atoms with E-state index < -0.39 is 11.0 Å². The summed E-state index contributed by atoms with van der Waals surface area (Å²) in [7, 11) is 0. The first-order valence-corrected chi connectivity index (χ1v) is 8.03. The number of rotatable bonds is 2. The van der Waals surface area contributed by atoms with E-state index in [1.54, 1.807) is 0 Å². The monoisotopic (exact) mass is 282 g/mol. The fourth-order valence-electron chi connectivity index (χ4n) is 4.50. The SMILES string of the molecule is CC1CC(O)(C2(C#N)Cc3ccccc3C2)CN1C1CC1. The molecule has 2 fully saturated rings. The highest BCUT2D eigenvalue weighted by Crippen LogP contribution is 2.51. The molecule has 2 unspecified atom stereocenters. The van der Waals surface area contributed by atoms with Crippen molar-refractivity contribution < 1.29 is 5.11 Å². The summed E-state index contributed by atoms with van der Waals surface area (Å²) in [5.41, 5.74) is 0.965. The Morgan fingerprint density at radius 1 is 1.24 bits per heavy atom.